The van der Waals surface area contributed by atoms with E-state index in [-0.39, 0.29) is 24.8 Å². The fraction of sp³-hybridized carbons (Fsp3) is 0.273. The Bertz CT molecular complexity index is 370. The molecule has 0 heterocycles. The minimum atomic E-state index is 0. The van der Waals surface area contributed by atoms with Crippen LogP contribution in [0.4, 0.5) is 0 Å². The van der Waals surface area contributed by atoms with Gasteiger partial charge in [0.1, 0.15) is 0 Å². The molecule has 0 N–H and O–H groups in total. The molecule has 73 valence electrons. The number of rotatable bonds is 0. The van der Waals surface area contributed by atoms with Crippen LogP contribution in [0, 0.1) is 13.8 Å². The first-order valence-electron chi connectivity index (χ1n) is 4.19. The Labute approximate surface area is 113 Å². The quantitative estimate of drug-likeness (QED) is 0.473. The van der Waals surface area contributed by atoms with Gasteiger partial charge in [-0.15, -0.1) is 0 Å². The molecule has 0 bridgehead atoms. The maximum absolute atomic E-state index is 2.33. The van der Waals surface area contributed by atoms with E-state index in [0.29, 0.717) is 0 Å². The van der Waals surface area contributed by atoms with E-state index in [4.69, 9.17) is 0 Å². The van der Waals surface area contributed by atoms with Gasteiger partial charge < -0.3 is 24.8 Å². The average molecular weight is 305 g/mol. The van der Waals surface area contributed by atoms with Crippen molar-refractivity contribution >= 4 is 6.08 Å². The van der Waals surface area contributed by atoms with E-state index in [9.17, 15) is 0 Å². The minimum Gasteiger partial charge on any atom is -1.00 e. The van der Waals surface area contributed by atoms with Crippen molar-refractivity contribution in [3.8, 4) is 0 Å². The third kappa shape index (κ3) is 2.72. The third-order valence-electron chi connectivity index (χ3n) is 2.47. The van der Waals surface area contributed by atoms with Crippen LogP contribution in [0.1, 0.15) is 22.3 Å². The number of hydrogen-bond acceptors (Lipinski definition) is 0. The molecular formula is C11H11Cl2Zr. The zero-order chi connectivity index (χ0) is 8.72. The molecule has 0 fully saturated rings. The first-order chi connectivity index (χ1) is 5.66. The summed E-state index contributed by atoms with van der Waals surface area (Å²) in [5.74, 6) is 0. The Hall–Kier alpha value is 0.423. The molecule has 3 heteroatoms. The number of allylic oxidation sites excluding steroid dienone is 1. The Kier molecular flexibility index (Phi) is 5.66. The molecule has 0 amide bonds. The maximum Gasteiger partial charge on any atom is -1.00 e. The SMILES string of the molecule is Cc1cc2c(cc1C)C[C]([Zr+2])=C2.[Cl-].[Cl-]. The summed E-state index contributed by atoms with van der Waals surface area (Å²) in [5, 5.41) is 0. The van der Waals surface area contributed by atoms with E-state index in [2.05, 4.69) is 32.1 Å². The van der Waals surface area contributed by atoms with Gasteiger partial charge in [-0.25, -0.2) is 0 Å². The van der Waals surface area contributed by atoms with Crippen LogP contribution in [-0.4, -0.2) is 0 Å². The van der Waals surface area contributed by atoms with Crippen LogP contribution in [0.2, 0.25) is 0 Å². The molecule has 1 aromatic rings. The van der Waals surface area contributed by atoms with Crippen molar-refractivity contribution in [2.45, 2.75) is 20.3 Å². The van der Waals surface area contributed by atoms with Crippen LogP contribution in [0.25, 0.3) is 6.08 Å². The Morgan fingerprint density at radius 1 is 1.07 bits per heavy atom. The summed E-state index contributed by atoms with van der Waals surface area (Å²) in [4.78, 5) is 0. The summed E-state index contributed by atoms with van der Waals surface area (Å²) in [6.45, 7) is 4.38. The molecule has 0 aliphatic heterocycles. The molecule has 1 aliphatic carbocycles. The summed E-state index contributed by atoms with van der Waals surface area (Å²) >= 11 is 1.56. The van der Waals surface area contributed by atoms with Gasteiger partial charge in [-0.2, -0.15) is 0 Å². The van der Waals surface area contributed by atoms with Gasteiger partial charge in [0.15, 0.2) is 0 Å². The van der Waals surface area contributed by atoms with Gasteiger partial charge in [0.2, 0.25) is 0 Å². The van der Waals surface area contributed by atoms with Crippen LogP contribution >= 0.6 is 0 Å². The molecule has 0 unspecified atom stereocenters. The molecule has 0 nitrogen and oxygen atoms in total. The van der Waals surface area contributed by atoms with Gasteiger partial charge in [-0.1, -0.05) is 0 Å². The monoisotopic (exact) mass is 303 g/mol. The van der Waals surface area contributed by atoms with Crippen LogP contribution in [0.15, 0.2) is 15.4 Å². The molecule has 0 atom stereocenters. The normalized spacial score (nSPS) is 12.4. The summed E-state index contributed by atoms with van der Waals surface area (Å²) < 4.78 is 1.57. The van der Waals surface area contributed by atoms with Crippen molar-refractivity contribution in [2.24, 2.45) is 0 Å². The van der Waals surface area contributed by atoms with Crippen molar-refractivity contribution in [3.63, 3.8) is 0 Å². The van der Waals surface area contributed by atoms with Crippen molar-refractivity contribution < 1.29 is 49.5 Å². The second-order valence-corrected chi connectivity index (χ2v) is 5.06. The molecule has 0 radical (unpaired) electrons. The molecule has 0 aromatic heterocycles. The molecule has 0 saturated carbocycles. The van der Waals surface area contributed by atoms with E-state index in [1.165, 1.54) is 28.7 Å². The zero-order valence-corrected chi connectivity index (χ0v) is 12.2. The third-order valence-corrected chi connectivity index (χ3v) is 3.26. The Morgan fingerprint density at radius 3 is 2.29 bits per heavy atom. The second-order valence-electron chi connectivity index (χ2n) is 3.48. The summed E-state index contributed by atoms with van der Waals surface area (Å²) in [6, 6.07) is 4.64. The van der Waals surface area contributed by atoms with E-state index < -0.39 is 0 Å². The zero-order valence-electron chi connectivity index (χ0n) is 8.20. The smallest absolute Gasteiger partial charge is 1.00 e. The van der Waals surface area contributed by atoms with Gasteiger partial charge in [0.05, 0.1) is 0 Å². The first-order valence-corrected chi connectivity index (χ1v) is 5.42. The molecule has 1 aromatic carbocycles. The van der Waals surface area contributed by atoms with Gasteiger partial charge in [-0.05, 0) is 0 Å². The second kappa shape index (κ2) is 5.49. The number of fused-ring (bicyclic) bond motifs is 1. The largest absolute Gasteiger partial charge is 1.00 e. The number of halogens is 2. The van der Waals surface area contributed by atoms with Crippen molar-refractivity contribution in [1.82, 2.24) is 0 Å². The van der Waals surface area contributed by atoms with E-state index >= 15 is 0 Å². The van der Waals surface area contributed by atoms with Gasteiger partial charge in [0, 0.05) is 0 Å². The Balaban J connectivity index is 0.000000845. The topological polar surface area (TPSA) is 0 Å². The van der Waals surface area contributed by atoms with Crippen molar-refractivity contribution in [2.75, 3.05) is 0 Å². The van der Waals surface area contributed by atoms with Crippen LogP contribution in [0.3, 0.4) is 0 Å². The van der Waals surface area contributed by atoms with E-state index in [0.717, 1.165) is 0 Å². The van der Waals surface area contributed by atoms with Crippen molar-refractivity contribution in [1.29, 1.82) is 0 Å². The number of aryl methyl sites for hydroxylation is 2. The Morgan fingerprint density at radius 2 is 1.64 bits per heavy atom. The van der Waals surface area contributed by atoms with Crippen LogP contribution < -0.4 is 24.8 Å². The predicted molar refractivity (Wildman–Crippen MR) is 47.6 cm³/mol. The fourth-order valence-corrected chi connectivity index (χ4v) is 2.48. The molecule has 14 heavy (non-hydrogen) atoms. The fourth-order valence-electron chi connectivity index (χ4n) is 1.63. The predicted octanol–water partition coefficient (Wildman–Crippen LogP) is -3.24. The van der Waals surface area contributed by atoms with Crippen molar-refractivity contribution in [3.05, 3.63) is 37.7 Å². The van der Waals surface area contributed by atoms with Gasteiger partial charge in [0.25, 0.3) is 0 Å². The standard InChI is InChI=1S/C11H11.2ClH.Zr/c1-8-6-10-4-3-5-11(10)7-9(8)2;;;/h4,6-7H,5H2,1-2H3;2*1H;/q;;;+2/p-2. The first kappa shape index (κ1) is 14.4. The average Bonchev–Trinajstić information content (AvgIpc) is 2.30. The number of hydrogen-bond donors (Lipinski definition) is 0. The van der Waals surface area contributed by atoms with E-state index in [1.54, 1.807) is 28.0 Å². The van der Waals surface area contributed by atoms with Gasteiger partial charge in [-0.3, -0.25) is 0 Å². The summed E-state index contributed by atoms with van der Waals surface area (Å²) in [6.07, 6.45) is 3.52. The molecule has 0 spiro atoms. The molecule has 1 aliphatic rings. The van der Waals surface area contributed by atoms with Crippen LogP contribution in [-0.2, 0) is 31.1 Å². The summed E-state index contributed by atoms with van der Waals surface area (Å²) in [7, 11) is 0. The molecular weight excluding hydrogens is 294 g/mol. The molecule has 2 rings (SSSR count). The maximum atomic E-state index is 2.33. The van der Waals surface area contributed by atoms with Crippen LogP contribution in [0.5, 0.6) is 0 Å². The number of benzene rings is 1. The minimum absolute atomic E-state index is 0. The van der Waals surface area contributed by atoms with E-state index in [1.807, 2.05) is 0 Å². The van der Waals surface area contributed by atoms with Gasteiger partial charge >= 0.3 is 88.7 Å². The summed E-state index contributed by atoms with van der Waals surface area (Å²) in [5.41, 5.74) is 5.80. The molecule has 0 saturated heterocycles.